The lowest BCUT2D eigenvalue weighted by Gasteiger charge is -2.54. The number of carbonyl (C=O) groups excluding carboxylic acids is 3. The zero-order valence-corrected chi connectivity index (χ0v) is 26.7. The molecule has 5 rings (SSSR count). The second-order valence-electron chi connectivity index (χ2n) is 11.1. The zero-order valence-electron chi connectivity index (χ0n) is 24.4. The first-order valence-corrected chi connectivity index (χ1v) is 16.4. The Hall–Kier alpha value is -3.71. The number of ether oxygens (including phenoxy) is 1. The van der Waals surface area contributed by atoms with Gasteiger partial charge >= 0.3 is 6.09 Å². The molecule has 0 spiro atoms. The van der Waals surface area contributed by atoms with Gasteiger partial charge < -0.3 is 19.9 Å². The molecule has 3 aromatic rings. The lowest BCUT2D eigenvalue weighted by molar-refractivity contribution is -0.168. The number of piperazine rings is 1. The van der Waals surface area contributed by atoms with E-state index in [0.717, 1.165) is 22.5 Å². The summed E-state index contributed by atoms with van der Waals surface area (Å²) in [6.45, 7) is 2.81. The van der Waals surface area contributed by atoms with Gasteiger partial charge in [-0.05, 0) is 55.3 Å². The molecule has 2 aliphatic heterocycles. The first-order chi connectivity index (χ1) is 21.4. The Morgan fingerprint density at radius 1 is 0.978 bits per heavy atom. The predicted molar refractivity (Wildman–Crippen MR) is 165 cm³/mol. The number of sulfonamides is 1. The van der Waals surface area contributed by atoms with Crippen molar-refractivity contribution in [1.82, 2.24) is 19.4 Å². The predicted octanol–water partition coefficient (Wildman–Crippen LogP) is 4.45. The maximum Gasteiger partial charge on any atom is 0.408 e. The Morgan fingerprint density at radius 2 is 1.67 bits per heavy atom. The molecular formula is C31H31Cl2FN4O6S. The summed E-state index contributed by atoms with van der Waals surface area (Å²) in [5, 5.41) is 2.74. The molecule has 3 atom stereocenters. The van der Waals surface area contributed by atoms with E-state index in [1.807, 2.05) is 0 Å². The third kappa shape index (κ3) is 6.94. The highest BCUT2D eigenvalue weighted by Gasteiger charge is 2.54. The molecule has 0 aromatic heterocycles. The van der Waals surface area contributed by atoms with E-state index in [1.165, 1.54) is 9.80 Å². The van der Waals surface area contributed by atoms with E-state index in [-0.39, 0.29) is 30.6 Å². The third-order valence-corrected chi connectivity index (χ3v) is 10.4. The van der Waals surface area contributed by atoms with E-state index >= 15 is 0 Å². The summed E-state index contributed by atoms with van der Waals surface area (Å²) in [7, 11) is -4.58. The number of rotatable bonds is 8. The van der Waals surface area contributed by atoms with Gasteiger partial charge in [0.1, 0.15) is 35.6 Å². The van der Waals surface area contributed by atoms with Crippen LogP contribution in [0.15, 0.2) is 77.7 Å². The fraction of sp³-hybridized carbons (Fsp3) is 0.323. The summed E-state index contributed by atoms with van der Waals surface area (Å²) in [6.07, 6.45) is -2.10. The number of amides is 3. The number of hydrogen-bond donors (Lipinski definition) is 1. The van der Waals surface area contributed by atoms with Gasteiger partial charge in [0.05, 0.1) is 11.6 Å². The van der Waals surface area contributed by atoms with E-state index in [1.54, 1.807) is 68.4 Å². The van der Waals surface area contributed by atoms with Crippen LogP contribution >= 0.6 is 23.2 Å². The maximum absolute atomic E-state index is 14.3. The lowest BCUT2D eigenvalue weighted by Crippen LogP contribution is -2.76. The first-order valence-electron chi connectivity index (χ1n) is 14.2. The molecule has 2 saturated heterocycles. The van der Waals surface area contributed by atoms with Gasteiger partial charge in [0.15, 0.2) is 0 Å². The molecule has 3 aromatic carbocycles. The third-order valence-electron chi connectivity index (χ3n) is 7.78. The summed E-state index contributed by atoms with van der Waals surface area (Å²) in [6, 6.07) is 15.6. The highest BCUT2D eigenvalue weighted by Crippen LogP contribution is 2.34. The van der Waals surface area contributed by atoms with Crippen LogP contribution in [0.25, 0.3) is 0 Å². The Labute approximate surface area is 270 Å². The molecule has 2 heterocycles. The number of carbonyl (C=O) groups is 3. The van der Waals surface area contributed by atoms with E-state index in [4.69, 9.17) is 27.9 Å². The van der Waals surface area contributed by atoms with Crippen molar-refractivity contribution in [2.24, 2.45) is 0 Å². The van der Waals surface area contributed by atoms with Crippen molar-refractivity contribution in [2.75, 3.05) is 13.1 Å². The van der Waals surface area contributed by atoms with Gasteiger partial charge in [-0.1, -0.05) is 65.7 Å². The summed E-state index contributed by atoms with van der Waals surface area (Å²) in [4.78, 5) is 43.1. The van der Waals surface area contributed by atoms with E-state index in [0.29, 0.717) is 16.1 Å². The van der Waals surface area contributed by atoms with Crippen molar-refractivity contribution in [1.29, 1.82) is 0 Å². The minimum absolute atomic E-state index is 0.0429. The molecule has 2 aliphatic rings. The Morgan fingerprint density at radius 3 is 2.33 bits per heavy atom. The lowest BCUT2D eigenvalue weighted by atomic mass is 9.96. The first kappa shape index (κ1) is 32.7. The number of nitrogens with one attached hydrogen (secondary N) is 1. The zero-order chi connectivity index (χ0) is 32.5. The van der Waals surface area contributed by atoms with Crippen LogP contribution in [-0.4, -0.2) is 77.8 Å². The minimum Gasteiger partial charge on any atom is -0.445 e. The van der Waals surface area contributed by atoms with Crippen LogP contribution in [0.3, 0.4) is 0 Å². The van der Waals surface area contributed by atoms with E-state index in [9.17, 15) is 27.2 Å². The van der Waals surface area contributed by atoms with Crippen LogP contribution in [0.5, 0.6) is 0 Å². The Bertz CT molecular complexity index is 1690. The van der Waals surface area contributed by atoms with Gasteiger partial charge in [-0.3, -0.25) is 9.59 Å². The van der Waals surface area contributed by atoms with Crippen molar-refractivity contribution >= 4 is 51.1 Å². The topological polar surface area (TPSA) is 116 Å². The van der Waals surface area contributed by atoms with Crippen molar-refractivity contribution in [3.05, 3.63) is 99.8 Å². The maximum atomic E-state index is 14.3. The van der Waals surface area contributed by atoms with Crippen molar-refractivity contribution in [3.8, 4) is 0 Å². The molecule has 45 heavy (non-hydrogen) atoms. The highest BCUT2D eigenvalue weighted by molar-refractivity contribution is 7.89. The second kappa shape index (κ2) is 13.3. The van der Waals surface area contributed by atoms with Gasteiger partial charge in [0.2, 0.25) is 21.8 Å². The summed E-state index contributed by atoms with van der Waals surface area (Å²) in [5.41, 5.74) is 1.38. The van der Waals surface area contributed by atoms with E-state index in [2.05, 4.69) is 5.32 Å². The molecule has 3 amide bonds. The standard InChI is InChI=1S/C31H31Cl2FN4O6S/c1-19(2)36-17-28-37(45(42,43)27-15-23(34)12-13-24(27)33)16-25(35-31(41)44-18-21-6-4-3-5-7-21)29(39)38(28)26(30(36)40)14-20-8-10-22(32)11-9-20/h3-13,15,19,25-26,28H,14,16-18H2,1-2H3,(H,35,41). The molecule has 0 radical (unpaired) electrons. The summed E-state index contributed by atoms with van der Waals surface area (Å²) in [5.74, 6) is -1.88. The number of benzene rings is 3. The Balaban J connectivity index is 1.54. The van der Waals surface area contributed by atoms with Crippen LogP contribution in [0.4, 0.5) is 9.18 Å². The Kier molecular flexibility index (Phi) is 9.68. The second-order valence-corrected chi connectivity index (χ2v) is 13.8. The summed E-state index contributed by atoms with van der Waals surface area (Å²) >= 11 is 12.3. The molecule has 3 unspecified atom stereocenters. The molecule has 14 heteroatoms. The smallest absolute Gasteiger partial charge is 0.408 e. The minimum atomic E-state index is -4.58. The molecule has 0 aliphatic carbocycles. The largest absolute Gasteiger partial charge is 0.445 e. The van der Waals surface area contributed by atoms with Gasteiger partial charge in [-0.25, -0.2) is 17.6 Å². The molecular weight excluding hydrogens is 646 g/mol. The number of nitrogens with zero attached hydrogens (tertiary/aromatic N) is 3. The number of fused-ring (bicyclic) bond motifs is 1. The molecule has 10 nitrogen and oxygen atoms in total. The van der Waals surface area contributed by atoms with E-state index < -0.39 is 63.4 Å². The fourth-order valence-electron chi connectivity index (χ4n) is 5.53. The van der Waals surface area contributed by atoms with Crippen molar-refractivity contribution in [2.45, 2.75) is 56.1 Å². The van der Waals surface area contributed by atoms with Crippen LogP contribution in [0.1, 0.15) is 25.0 Å². The molecule has 0 bridgehead atoms. The fourth-order valence-corrected chi connectivity index (χ4v) is 7.73. The molecule has 2 fully saturated rings. The van der Waals surface area contributed by atoms with Gasteiger partial charge in [-0.2, -0.15) is 4.31 Å². The van der Waals surface area contributed by atoms with Gasteiger partial charge in [-0.15, -0.1) is 0 Å². The monoisotopic (exact) mass is 676 g/mol. The van der Waals surface area contributed by atoms with Gasteiger partial charge in [0, 0.05) is 24.0 Å². The SMILES string of the molecule is CC(C)N1CC2N(C(=O)C(NC(=O)OCc3ccccc3)CN2S(=O)(=O)c2cc(F)ccc2Cl)C(Cc2ccc(Cl)cc2)C1=O. The van der Waals surface area contributed by atoms with Crippen LogP contribution in [-0.2, 0) is 37.4 Å². The van der Waals surface area contributed by atoms with Crippen LogP contribution in [0, 0.1) is 5.82 Å². The number of halogens is 3. The number of alkyl carbamates (subject to hydrolysis) is 1. The molecule has 238 valence electrons. The van der Waals surface area contributed by atoms with Crippen molar-refractivity contribution in [3.63, 3.8) is 0 Å². The highest BCUT2D eigenvalue weighted by atomic mass is 35.5. The molecule has 0 saturated carbocycles. The normalized spacial score (nSPS) is 20.7. The van der Waals surface area contributed by atoms with Crippen LogP contribution < -0.4 is 5.32 Å². The number of hydrogen-bond acceptors (Lipinski definition) is 6. The van der Waals surface area contributed by atoms with Crippen LogP contribution in [0.2, 0.25) is 10.0 Å². The average molecular weight is 678 g/mol. The van der Waals surface area contributed by atoms with Crippen molar-refractivity contribution < 1.29 is 31.9 Å². The molecule has 1 N–H and O–H groups in total. The van der Waals surface area contributed by atoms with Gasteiger partial charge in [0.25, 0.3) is 0 Å². The quantitative estimate of drug-likeness (QED) is 0.377. The average Bonchev–Trinajstić information content (AvgIpc) is 3.01. The summed E-state index contributed by atoms with van der Waals surface area (Å²) < 4.78 is 49.0.